The van der Waals surface area contributed by atoms with Gasteiger partial charge in [0.05, 0.1) is 45.7 Å². The summed E-state index contributed by atoms with van der Waals surface area (Å²) >= 11 is 0. The predicted octanol–water partition coefficient (Wildman–Crippen LogP) is 18.6. The fraction of sp³-hybridized carbons (Fsp3) is 0.0909. The molecule has 12 aromatic rings. The van der Waals surface area contributed by atoms with Crippen molar-refractivity contribution in [3.63, 3.8) is 0 Å². The summed E-state index contributed by atoms with van der Waals surface area (Å²) in [5.41, 5.74) is 17.5. The van der Waals surface area contributed by atoms with Gasteiger partial charge in [-0.05, 0) is 49.9 Å². The Hall–Kier alpha value is -12.0. The summed E-state index contributed by atoms with van der Waals surface area (Å²) in [7, 11) is 0. The van der Waals surface area contributed by atoms with Crippen LogP contribution in [0.5, 0.6) is 0 Å². The zero-order chi connectivity index (χ0) is 65.1. The molecule has 0 unspecified atom stereocenters. The van der Waals surface area contributed by atoms with Crippen molar-refractivity contribution in [2.45, 2.75) is 50.3 Å². The Morgan fingerprint density at radius 1 is 0.146 bits per heavy atom. The van der Waals surface area contributed by atoms with Crippen LogP contribution in [0.15, 0.2) is 380 Å². The van der Waals surface area contributed by atoms with Gasteiger partial charge in [-0.2, -0.15) is 0 Å². The number of nitrogens with zero attached hydrogens (tertiary/aromatic N) is 8. The topological polar surface area (TPSA) is 98.9 Å². The smallest absolute Gasteiger partial charge is 0.226 e. The first-order valence-corrected chi connectivity index (χ1v) is 32.7. The van der Waals surface area contributed by atoms with Gasteiger partial charge < -0.3 is 0 Å². The first-order valence-electron chi connectivity index (χ1n) is 32.7. The molecular weight excluding hydrogens is 1170 g/mol. The summed E-state index contributed by atoms with van der Waals surface area (Å²) in [5.74, 6) is 0. The van der Waals surface area contributed by atoms with E-state index in [1.165, 1.54) is 0 Å². The van der Waals surface area contributed by atoms with Crippen molar-refractivity contribution in [3.05, 3.63) is 429 Å². The SMILES string of the molecule is Cc1ccccc1C1(C2(c3ccccc3C)N=C(c3ccccc3)C(c3ccccc3)=N2)N=C(c2ccccc2)C(c2ccccc2)=N1.Cc1ccccc1C1(C2(c3ccccc3C)N=C(c3ccccc3)C(c3ccccc3)=N2)N=C(c2ccccc2)C(c2ccccc2)=N1. The molecule has 96 heavy (non-hydrogen) atoms. The Balaban J connectivity index is 0.000000158. The van der Waals surface area contributed by atoms with Crippen LogP contribution in [-0.2, 0) is 22.7 Å². The molecule has 4 aliphatic rings. The number of benzene rings is 12. The zero-order valence-electron chi connectivity index (χ0n) is 53.9. The van der Waals surface area contributed by atoms with E-state index in [0.717, 1.165) is 135 Å². The van der Waals surface area contributed by atoms with Crippen molar-refractivity contribution in [1.82, 2.24) is 0 Å². The van der Waals surface area contributed by atoms with Crippen molar-refractivity contribution < 1.29 is 0 Å². The van der Waals surface area contributed by atoms with E-state index in [4.69, 9.17) is 39.9 Å². The molecule has 16 rings (SSSR count). The lowest BCUT2D eigenvalue weighted by atomic mass is 9.79. The molecule has 12 aromatic carbocycles. The van der Waals surface area contributed by atoms with Gasteiger partial charge in [0.25, 0.3) is 0 Å². The highest BCUT2D eigenvalue weighted by Crippen LogP contribution is 2.58. The van der Waals surface area contributed by atoms with Gasteiger partial charge >= 0.3 is 0 Å². The van der Waals surface area contributed by atoms with Crippen LogP contribution >= 0.6 is 0 Å². The molecule has 0 amide bonds. The molecule has 4 heterocycles. The van der Waals surface area contributed by atoms with Crippen molar-refractivity contribution in [2.75, 3.05) is 0 Å². The molecule has 0 saturated carbocycles. The Morgan fingerprint density at radius 2 is 0.260 bits per heavy atom. The van der Waals surface area contributed by atoms with Gasteiger partial charge in [0.15, 0.2) is 0 Å². The van der Waals surface area contributed by atoms with E-state index >= 15 is 0 Å². The third kappa shape index (κ3) is 10.5. The van der Waals surface area contributed by atoms with Gasteiger partial charge in [-0.1, -0.05) is 340 Å². The van der Waals surface area contributed by atoms with Crippen LogP contribution in [0, 0.1) is 27.7 Å². The van der Waals surface area contributed by atoms with Gasteiger partial charge in [0.1, 0.15) is 0 Å². The minimum atomic E-state index is -1.28. The number of aryl methyl sites for hydroxylation is 4. The summed E-state index contributed by atoms with van der Waals surface area (Å²) in [5, 5.41) is 0. The second-order valence-corrected chi connectivity index (χ2v) is 24.6. The average molecular weight is 1240 g/mol. The van der Waals surface area contributed by atoms with E-state index in [1.807, 2.05) is 48.5 Å². The normalized spacial score (nSPS) is 16.1. The first-order chi connectivity index (χ1) is 47.2. The molecule has 0 aromatic heterocycles. The maximum atomic E-state index is 5.81. The largest absolute Gasteiger partial charge is 0.243 e. The van der Waals surface area contributed by atoms with Crippen LogP contribution in [0.2, 0.25) is 0 Å². The third-order valence-corrected chi connectivity index (χ3v) is 18.5. The molecule has 8 nitrogen and oxygen atoms in total. The van der Waals surface area contributed by atoms with Crippen molar-refractivity contribution in [3.8, 4) is 0 Å². The highest BCUT2D eigenvalue weighted by molar-refractivity contribution is 6.57. The van der Waals surface area contributed by atoms with Gasteiger partial charge in [-0.3, -0.25) is 0 Å². The molecule has 0 atom stereocenters. The molecular formula is C88H68N8. The van der Waals surface area contributed by atoms with E-state index in [0.29, 0.717) is 0 Å². The summed E-state index contributed by atoms with van der Waals surface area (Å²) in [4.78, 5) is 46.4. The predicted molar refractivity (Wildman–Crippen MR) is 395 cm³/mol. The fourth-order valence-corrected chi connectivity index (χ4v) is 13.9. The van der Waals surface area contributed by atoms with E-state index in [9.17, 15) is 0 Å². The highest BCUT2D eigenvalue weighted by Gasteiger charge is 2.63. The number of hydrogen-bond acceptors (Lipinski definition) is 8. The molecule has 4 aliphatic heterocycles. The van der Waals surface area contributed by atoms with E-state index in [-0.39, 0.29) is 0 Å². The molecule has 0 aliphatic carbocycles. The third-order valence-electron chi connectivity index (χ3n) is 18.5. The van der Waals surface area contributed by atoms with Crippen molar-refractivity contribution in [1.29, 1.82) is 0 Å². The lowest BCUT2D eigenvalue weighted by Crippen LogP contribution is -2.44. The second kappa shape index (κ2) is 25.5. The standard InChI is InChI=1S/2C44H34N4/c2*1-31-19-15-17-29-37(31)43(45-39(33-21-7-3-8-22-33)40(46-43)34-23-9-4-10-24-34)44(38-30-18-16-20-32(38)2)47-41(35-25-11-5-12-26-35)42(48-44)36-27-13-6-14-28-36/h2*3-30H,1-2H3. The highest BCUT2D eigenvalue weighted by atomic mass is 15.3. The average Bonchev–Trinajstić information content (AvgIpc) is 1.48. The lowest BCUT2D eigenvalue weighted by Gasteiger charge is -2.39. The summed E-state index contributed by atoms with van der Waals surface area (Å²) in [6.07, 6.45) is 0. The van der Waals surface area contributed by atoms with Crippen molar-refractivity contribution >= 4 is 45.7 Å². The van der Waals surface area contributed by atoms with Gasteiger partial charge in [0, 0.05) is 66.8 Å². The van der Waals surface area contributed by atoms with Crippen LogP contribution in [0.4, 0.5) is 0 Å². The maximum Gasteiger partial charge on any atom is 0.226 e. The van der Waals surface area contributed by atoms with Crippen LogP contribution in [0.3, 0.4) is 0 Å². The monoisotopic (exact) mass is 1240 g/mol. The van der Waals surface area contributed by atoms with E-state index < -0.39 is 22.7 Å². The molecule has 8 heteroatoms. The number of aliphatic imine (C=N–C) groups is 8. The summed E-state index contributed by atoms with van der Waals surface area (Å²) < 4.78 is 0. The minimum Gasteiger partial charge on any atom is -0.243 e. The quantitative estimate of drug-likeness (QED) is 0.104. The Bertz CT molecular complexity index is 4240. The summed E-state index contributed by atoms with van der Waals surface area (Å²) in [6.45, 7) is 8.54. The molecule has 0 saturated heterocycles. The summed E-state index contributed by atoms with van der Waals surface area (Å²) in [6, 6.07) is 117. The number of hydrogen-bond donors (Lipinski definition) is 0. The second-order valence-electron chi connectivity index (χ2n) is 24.6. The van der Waals surface area contributed by atoms with Crippen molar-refractivity contribution in [2.24, 2.45) is 39.9 Å². The number of rotatable bonds is 14. The molecule has 0 bridgehead atoms. The van der Waals surface area contributed by atoms with Crippen LogP contribution in [0.1, 0.15) is 89.0 Å². The minimum absolute atomic E-state index is 0.817. The molecule has 0 N–H and O–H groups in total. The lowest BCUT2D eigenvalue weighted by molar-refractivity contribution is 0.255. The molecule has 0 fully saturated rings. The maximum absolute atomic E-state index is 5.81. The molecule has 460 valence electrons. The van der Waals surface area contributed by atoms with E-state index in [1.54, 1.807) is 0 Å². The van der Waals surface area contributed by atoms with Crippen LogP contribution < -0.4 is 0 Å². The Morgan fingerprint density at radius 3 is 0.385 bits per heavy atom. The fourth-order valence-electron chi connectivity index (χ4n) is 13.9. The van der Waals surface area contributed by atoms with Gasteiger partial charge in [0.2, 0.25) is 22.7 Å². The van der Waals surface area contributed by atoms with E-state index in [2.05, 4.69) is 319 Å². The first kappa shape index (κ1) is 60.3. The Kier molecular flexibility index (Phi) is 16.0. The van der Waals surface area contributed by atoms with Crippen LogP contribution in [-0.4, -0.2) is 45.7 Å². The van der Waals surface area contributed by atoms with Gasteiger partial charge in [-0.25, -0.2) is 39.9 Å². The molecule has 0 spiro atoms. The van der Waals surface area contributed by atoms with Gasteiger partial charge in [-0.15, -0.1) is 0 Å². The molecule has 0 radical (unpaired) electrons. The Labute approximate surface area is 561 Å². The zero-order valence-corrected chi connectivity index (χ0v) is 53.9. The van der Waals surface area contributed by atoms with Crippen LogP contribution in [0.25, 0.3) is 0 Å².